The monoisotopic (exact) mass is 300 g/mol. The van der Waals surface area contributed by atoms with Crippen LogP contribution in [0.1, 0.15) is 24.1 Å². The Balaban J connectivity index is 1.74. The van der Waals surface area contributed by atoms with E-state index in [1.807, 2.05) is 68.3 Å². The number of amides is 1. The smallest absolute Gasteiger partial charge is 0.236 e. The maximum Gasteiger partial charge on any atom is 0.236 e. The van der Waals surface area contributed by atoms with Crippen LogP contribution in [0, 0.1) is 6.92 Å². The number of carbonyl (C=O) groups excluding carboxylic acids is 1. The molecule has 0 fully saturated rings. The Morgan fingerprint density at radius 1 is 1.36 bits per heavy atom. The number of hydrogen-bond acceptors (Lipinski definition) is 3. The van der Waals surface area contributed by atoms with Crippen molar-refractivity contribution in [3.05, 3.63) is 53.9 Å². The molecule has 0 unspecified atom stereocenters. The Kier molecular flexibility index (Phi) is 5.72. The molecule has 1 atom stereocenters. The van der Waals surface area contributed by atoms with E-state index in [2.05, 4.69) is 10.4 Å². The standard InChI is InChI=1S/C17H24N4O/c1-14-11-19-21(13-14)10-9-18-12-17(22)20(3)15(2)16-7-5-4-6-8-16/h4-8,11,13,15,18H,9-10,12H2,1-3H3/t15-/m1/s1. The lowest BCUT2D eigenvalue weighted by molar-refractivity contribution is -0.130. The van der Waals surface area contributed by atoms with Crippen LogP contribution in [0.5, 0.6) is 0 Å². The van der Waals surface area contributed by atoms with Crippen molar-refractivity contribution in [3.8, 4) is 0 Å². The van der Waals surface area contributed by atoms with Gasteiger partial charge in [-0.3, -0.25) is 9.48 Å². The molecule has 22 heavy (non-hydrogen) atoms. The SMILES string of the molecule is Cc1cnn(CCNCC(=O)N(C)[C@H](C)c2ccccc2)c1. The first-order chi connectivity index (χ1) is 10.6. The molecule has 1 aromatic heterocycles. The van der Waals surface area contributed by atoms with Gasteiger partial charge in [-0.1, -0.05) is 30.3 Å². The van der Waals surface area contributed by atoms with Crippen LogP contribution in [-0.4, -0.2) is 40.7 Å². The zero-order chi connectivity index (χ0) is 15.9. The number of carbonyl (C=O) groups is 1. The van der Waals surface area contributed by atoms with Crippen molar-refractivity contribution in [2.45, 2.75) is 26.4 Å². The Labute approximate surface area is 131 Å². The number of aromatic nitrogens is 2. The summed E-state index contributed by atoms with van der Waals surface area (Å²) in [4.78, 5) is 14.0. The zero-order valence-electron chi connectivity index (χ0n) is 13.5. The molecule has 0 saturated carbocycles. The first-order valence-electron chi connectivity index (χ1n) is 7.58. The summed E-state index contributed by atoms with van der Waals surface area (Å²) < 4.78 is 1.88. The van der Waals surface area contributed by atoms with E-state index in [0.717, 1.165) is 24.2 Å². The van der Waals surface area contributed by atoms with E-state index in [-0.39, 0.29) is 11.9 Å². The predicted octanol–water partition coefficient (Wildman–Crippen LogP) is 2.00. The third-order valence-corrected chi connectivity index (χ3v) is 3.81. The number of hydrogen-bond donors (Lipinski definition) is 1. The Morgan fingerprint density at radius 2 is 2.09 bits per heavy atom. The quantitative estimate of drug-likeness (QED) is 0.796. The van der Waals surface area contributed by atoms with Crippen molar-refractivity contribution in [1.29, 1.82) is 0 Å². The molecule has 0 aliphatic heterocycles. The molecule has 1 amide bonds. The summed E-state index contributed by atoms with van der Waals surface area (Å²) in [6.45, 7) is 5.88. The van der Waals surface area contributed by atoms with Crippen LogP contribution in [0.2, 0.25) is 0 Å². The summed E-state index contributed by atoms with van der Waals surface area (Å²) in [5, 5.41) is 7.39. The zero-order valence-corrected chi connectivity index (χ0v) is 13.5. The van der Waals surface area contributed by atoms with Gasteiger partial charge < -0.3 is 10.2 Å². The maximum absolute atomic E-state index is 12.2. The van der Waals surface area contributed by atoms with Crippen LogP contribution in [0.4, 0.5) is 0 Å². The van der Waals surface area contributed by atoms with Crippen LogP contribution >= 0.6 is 0 Å². The van der Waals surface area contributed by atoms with Gasteiger partial charge in [0.15, 0.2) is 0 Å². The van der Waals surface area contributed by atoms with Crippen LogP contribution in [0.15, 0.2) is 42.7 Å². The van der Waals surface area contributed by atoms with Gasteiger partial charge in [0.2, 0.25) is 5.91 Å². The number of aryl methyl sites for hydroxylation is 1. The molecule has 2 aromatic rings. The molecule has 5 heteroatoms. The Morgan fingerprint density at radius 3 is 2.73 bits per heavy atom. The first kappa shape index (κ1) is 16.2. The van der Waals surface area contributed by atoms with Crippen LogP contribution in [0.3, 0.4) is 0 Å². The van der Waals surface area contributed by atoms with Crippen LogP contribution in [-0.2, 0) is 11.3 Å². The van der Waals surface area contributed by atoms with Gasteiger partial charge in [0, 0.05) is 19.8 Å². The Bertz CT molecular complexity index is 594. The second kappa shape index (κ2) is 7.75. The van der Waals surface area contributed by atoms with Crippen molar-refractivity contribution >= 4 is 5.91 Å². The summed E-state index contributed by atoms with van der Waals surface area (Å²) in [5.74, 6) is 0.0907. The largest absolute Gasteiger partial charge is 0.338 e. The topological polar surface area (TPSA) is 50.2 Å². The van der Waals surface area contributed by atoms with Crippen LogP contribution < -0.4 is 5.32 Å². The summed E-state index contributed by atoms with van der Waals surface area (Å²) in [7, 11) is 1.85. The van der Waals surface area contributed by atoms with Crippen LogP contribution in [0.25, 0.3) is 0 Å². The average Bonchev–Trinajstić information content (AvgIpc) is 2.96. The van der Waals surface area contributed by atoms with Gasteiger partial charge in [0.05, 0.1) is 25.3 Å². The Hall–Kier alpha value is -2.14. The maximum atomic E-state index is 12.2. The summed E-state index contributed by atoms with van der Waals surface area (Å²) in [6, 6.07) is 10.1. The fourth-order valence-corrected chi connectivity index (χ4v) is 2.27. The molecule has 0 spiro atoms. The molecule has 0 radical (unpaired) electrons. The molecule has 118 valence electrons. The molecule has 0 aliphatic rings. The molecule has 0 bridgehead atoms. The highest BCUT2D eigenvalue weighted by Crippen LogP contribution is 2.17. The number of nitrogens with one attached hydrogen (secondary N) is 1. The molecule has 5 nitrogen and oxygen atoms in total. The normalized spacial score (nSPS) is 12.1. The highest BCUT2D eigenvalue weighted by Gasteiger charge is 2.16. The molecule has 2 rings (SSSR count). The minimum atomic E-state index is 0.0734. The molecular weight excluding hydrogens is 276 g/mol. The minimum absolute atomic E-state index is 0.0734. The number of rotatable bonds is 7. The molecule has 0 saturated heterocycles. The molecule has 1 N–H and O–H groups in total. The number of likely N-dealkylation sites (N-methyl/N-ethyl adjacent to an activating group) is 1. The van der Waals surface area contributed by atoms with Crippen molar-refractivity contribution < 1.29 is 4.79 Å². The predicted molar refractivity (Wildman–Crippen MR) is 87.5 cm³/mol. The highest BCUT2D eigenvalue weighted by molar-refractivity contribution is 5.78. The second-order valence-electron chi connectivity index (χ2n) is 5.55. The third kappa shape index (κ3) is 4.43. The number of benzene rings is 1. The van der Waals surface area contributed by atoms with Gasteiger partial charge >= 0.3 is 0 Å². The van der Waals surface area contributed by atoms with E-state index in [4.69, 9.17) is 0 Å². The van der Waals surface area contributed by atoms with Gasteiger partial charge in [0.25, 0.3) is 0 Å². The van der Waals surface area contributed by atoms with Crippen molar-refractivity contribution in [2.75, 3.05) is 20.1 Å². The first-order valence-corrected chi connectivity index (χ1v) is 7.58. The fraction of sp³-hybridized carbons (Fsp3) is 0.412. The summed E-state index contributed by atoms with van der Waals surface area (Å²) in [6.07, 6.45) is 3.83. The molecule has 1 aromatic carbocycles. The van der Waals surface area contributed by atoms with Gasteiger partial charge in [-0.05, 0) is 25.0 Å². The minimum Gasteiger partial charge on any atom is -0.338 e. The highest BCUT2D eigenvalue weighted by atomic mass is 16.2. The molecule has 0 aliphatic carbocycles. The number of nitrogens with zero attached hydrogens (tertiary/aromatic N) is 3. The average molecular weight is 300 g/mol. The van der Waals surface area contributed by atoms with Crippen molar-refractivity contribution in [3.63, 3.8) is 0 Å². The van der Waals surface area contributed by atoms with Crippen molar-refractivity contribution in [1.82, 2.24) is 20.0 Å². The van der Waals surface area contributed by atoms with E-state index < -0.39 is 0 Å². The lowest BCUT2D eigenvalue weighted by Crippen LogP contribution is -2.38. The van der Waals surface area contributed by atoms with Gasteiger partial charge in [0.1, 0.15) is 0 Å². The fourth-order valence-electron chi connectivity index (χ4n) is 2.27. The van der Waals surface area contributed by atoms with E-state index in [0.29, 0.717) is 6.54 Å². The second-order valence-corrected chi connectivity index (χ2v) is 5.55. The molecular formula is C17H24N4O. The third-order valence-electron chi connectivity index (χ3n) is 3.81. The van der Waals surface area contributed by atoms with E-state index in [9.17, 15) is 4.79 Å². The van der Waals surface area contributed by atoms with E-state index in [1.54, 1.807) is 4.90 Å². The van der Waals surface area contributed by atoms with Crippen molar-refractivity contribution in [2.24, 2.45) is 0 Å². The van der Waals surface area contributed by atoms with Gasteiger partial charge in [-0.2, -0.15) is 5.10 Å². The lowest BCUT2D eigenvalue weighted by Gasteiger charge is -2.25. The van der Waals surface area contributed by atoms with E-state index in [1.165, 1.54) is 0 Å². The summed E-state index contributed by atoms with van der Waals surface area (Å²) in [5.41, 5.74) is 2.29. The molecule has 1 heterocycles. The van der Waals surface area contributed by atoms with Gasteiger partial charge in [-0.15, -0.1) is 0 Å². The summed E-state index contributed by atoms with van der Waals surface area (Å²) >= 11 is 0. The lowest BCUT2D eigenvalue weighted by atomic mass is 10.1. The van der Waals surface area contributed by atoms with Gasteiger partial charge in [-0.25, -0.2) is 0 Å². The van der Waals surface area contributed by atoms with E-state index >= 15 is 0 Å².